The van der Waals surface area contributed by atoms with Crippen LogP contribution in [0.4, 0.5) is 0 Å². The summed E-state index contributed by atoms with van der Waals surface area (Å²) in [4.78, 5) is 7.99. The molecule has 2 aromatic heterocycles. The monoisotopic (exact) mass is 223 g/mol. The smallest absolute Gasteiger partial charge is 0.181 e. The van der Waals surface area contributed by atoms with Crippen LogP contribution in [0.15, 0.2) is 41.7 Å². The van der Waals surface area contributed by atoms with Gasteiger partial charge in [-0.05, 0) is 28.1 Å². The predicted molar refractivity (Wildman–Crippen MR) is 49.1 cm³/mol. The van der Waals surface area contributed by atoms with Crippen molar-refractivity contribution in [3.63, 3.8) is 0 Å². The van der Waals surface area contributed by atoms with E-state index >= 15 is 0 Å². The lowest BCUT2D eigenvalue weighted by Crippen LogP contribution is -1.91. The molecule has 0 aliphatic rings. The van der Waals surface area contributed by atoms with E-state index in [4.69, 9.17) is 0 Å². The Hall–Kier alpha value is -1.16. The van der Waals surface area contributed by atoms with Gasteiger partial charge in [0.25, 0.3) is 0 Å². The van der Waals surface area contributed by atoms with Gasteiger partial charge in [-0.3, -0.25) is 9.55 Å². The molecule has 60 valence electrons. The summed E-state index contributed by atoms with van der Waals surface area (Å²) in [6, 6.07) is 3.85. The average molecular weight is 224 g/mol. The molecule has 0 atom stereocenters. The Morgan fingerprint density at radius 1 is 1.17 bits per heavy atom. The van der Waals surface area contributed by atoms with E-state index in [1.54, 1.807) is 18.6 Å². The Balaban J connectivity index is 2.51. The van der Waals surface area contributed by atoms with Crippen molar-refractivity contribution in [1.29, 1.82) is 0 Å². The third-order valence-electron chi connectivity index (χ3n) is 1.54. The lowest BCUT2D eigenvalue weighted by molar-refractivity contribution is 1.01. The highest BCUT2D eigenvalue weighted by atomic mass is 79.9. The zero-order chi connectivity index (χ0) is 8.39. The first-order chi connectivity index (χ1) is 5.88. The fraction of sp³-hybridized carbons (Fsp3) is 0. The largest absolute Gasteiger partial charge is 0.294 e. The fourth-order valence-corrected chi connectivity index (χ4v) is 1.42. The maximum atomic E-state index is 4.05. The van der Waals surface area contributed by atoms with Gasteiger partial charge in [0.15, 0.2) is 4.73 Å². The first kappa shape index (κ1) is 7.49. The quantitative estimate of drug-likeness (QED) is 0.741. The van der Waals surface area contributed by atoms with Gasteiger partial charge in [-0.2, -0.15) is 0 Å². The lowest BCUT2D eigenvalue weighted by atomic mass is 10.4. The van der Waals surface area contributed by atoms with Crippen LogP contribution < -0.4 is 0 Å². The molecule has 2 aromatic rings. The Bertz CT molecular complexity index is 369. The number of rotatable bonds is 1. The van der Waals surface area contributed by atoms with Crippen molar-refractivity contribution in [1.82, 2.24) is 14.5 Å². The second-order valence-corrected chi connectivity index (χ2v) is 2.98. The first-order valence-electron chi connectivity index (χ1n) is 3.47. The molecule has 4 heteroatoms. The van der Waals surface area contributed by atoms with Crippen molar-refractivity contribution in [2.45, 2.75) is 0 Å². The molecule has 0 aliphatic heterocycles. The van der Waals surface area contributed by atoms with Gasteiger partial charge in [-0.1, -0.05) is 0 Å². The van der Waals surface area contributed by atoms with Crippen LogP contribution >= 0.6 is 15.9 Å². The van der Waals surface area contributed by atoms with Crippen LogP contribution in [0.3, 0.4) is 0 Å². The third-order valence-corrected chi connectivity index (χ3v) is 2.12. The molecule has 2 rings (SSSR count). The number of pyridine rings is 1. The van der Waals surface area contributed by atoms with Crippen molar-refractivity contribution in [3.05, 3.63) is 41.7 Å². The number of hydrogen-bond donors (Lipinski definition) is 0. The highest BCUT2D eigenvalue weighted by Gasteiger charge is 1.98. The number of halogens is 1. The summed E-state index contributed by atoms with van der Waals surface area (Å²) in [5.41, 5.74) is 1.05. The normalized spacial score (nSPS) is 10.1. The van der Waals surface area contributed by atoms with Crippen molar-refractivity contribution >= 4 is 15.9 Å². The molecule has 0 unspecified atom stereocenters. The molecule has 0 aliphatic carbocycles. The van der Waals surface area contributed by atoms with Gasteiger partial charge in [-0.15, -0.1) is 0 Å². The van der Waals surface area contributed by atoms with Gasteiger partial charge in [0.2, 0.25) is 0 Å². The molecule has 0 radical (unpaired) electrons. The maximum Gasteiger partial charge on any atom is 0.181 e. The minimum atomic E-state index is 0.800. The summed E-state index contributed by atoms with van der Waals surface area (Å²) >= 11 is 3.33. The fourth-order valence-electron chi connectivity index (χ4n) is 0.982. The van der Waals surface area contributed by atoms with Gasteiger partial charge in [0.05, 0.1) is 5.69 Å². The first-order valence-corrected chi connectivity index (χ1v) is 4.26. The standard InChI is InChI=1S/C8H6BrN3/c9-8-11-5-6-12(8)7-1-3-10-4-2-7/h1-6H. The molecule has 0 saturated heterocycles. The molecule has 2 heterocycles. The summed E-state index contributed by atoms with van der Waals surface area (Å²) in [6.07, 6.45) is 7.13. The number of hydrogen-bond acceptors (Lipinski definition) is 2. The van der Waals surface area contributed by atoms with Crippen LogP contribution in [0.5, 0.6) is 0 Å². The van der Waals surface area contributed by atoms with E-state index in [-0.39, 0.29) is 0 Å². The summed E-state index contributed by atoms with van der Waals surface area (Å²) in [5.74, 6) is 0. The number of imidazole rings is 1. The summed E-state index contributed by atoms with van der Waals surface area (Å²) in [7, 11) is 0. The highest BCUT2D eigenvalue weighted by molar-refractivity contribution is 9.10. The molecule has 0 bridgehead atoms. The molecule has 0 fully saturated rings. The van der Waals surface area contributed by atoms with Crippen LogP contribution in [0, 0.1) is 0 Å². The Kier molecular flexibility index (Phi) is 1.91. The topological polar surface area (TPSA) is 30.7 Å². The van der Waals surface area contributed by atoms with Crippen molar-refractivity contribution in [3.8, 4) is 5.69 Å². The molecule has 12 heavy (non-hydrogen) atoms. The summed E-state index contributed by atoms with van der Waals surface area (Å²) in [6.45, 7) is 0. The van der Waals surface area contributed by atoms with Gasteiger partial charge < -0.3 is 0 Å². The van der Waals surface area contributed by atoms with E-state index < -0.39 is 0 Å². The predicted octanol–water partition coefficient (Wildman–Crippen LogP) is 2.03. The van der Waals surface area contributed by atoms with E-state index in [0.29, 0.717) is 0 Å². The molecular formula is C8H6BrN3. The van der Waals surface area contributed by atoms with Crippen LogP contribution in [-0.2, 0) is 0 Å². The van der Waals surface area contributed by atoms with Gasteiger partial charge in [0, 0.05) is 24.8 Å². The Morgan fingerprint density at radius 2 is 1.92 bits per heavy atom. The average Bonchev–Trinajstić information content (AvgIpc) is 2.53. The SMILES string of the molecule is Brc1nccn1-c1ccncc1. The third kappa shape index (κ3) is 1.25. The van der Waals surface area contributed by atoms with Crippen LogP contribution in [0.2, 0.25) is 0 Å². The van der Waals surface area contributed by atoms with E-state index in [9.17, 15) is 0 Å². The zero-order valence-electron chi connectivity index (χ0n) is 6.18. The van der Waals surface area contributed by atoms with Gasteiger partial charge >= 0.3 is 0 Å². The van der Waals surface area contributed by atoms with Gasteiger partial charge in [-0.25, -0.2) is 4.98 Å². The summed E-state index contributed by atoms with van der Waals surface area (Å²) in [5, 5.41) is 0. The summed E-state index contributed by atoms with van der Waals surface area (Å²) < 4.78 is 2.73. The van der Waals surface area contributed by atoms with E-state index in [2.05, 4.69) is 25.9 Å². The van der Waals surface area contributed by atoms with Crippen molar-refractivity contribution in [2.75, 3.05) is 0 Å². The van der Waals surface area contributed by atoms with E-state index in [1.807, 2.05) is 22.9 Å². The molecule has 0 N–H and O–H groups in total. The second kappa shape index (κ2) is 3.06. The lowest BCUT2D eigenvalue weighted by Gasteiger charge is -2.01. The van der Waals surface area contributed by atoms with Crippen molar-refractivity contribution in [2.24, 2.45) is 0 Å². The Labute approximate surface area is 78.2 Å². The molecule has 3 nitrogen and oxygen atoms in total. The maximum absolute atomic E-state index is 4.05. The highest BCUT2D eigenvalue weighted by Crippen LogP contribution is 2.13. The number of nitrogens with zero attached hydrogens (tertiary/aromatic N) is 3. The molecular weight excluding hydrogens is 218 g/mol. The second-order valence-electron chi connectivity index (χ2n) is 2.27. The van der Waals surface area contributed by atoms with E-state index in [0.717, 1.165) is 10.4 Å². The van der Waals surface area contributed by atoms with E-state index in [1.165, 1.54) is 0 Å². The molecule has 0 amide bonds. The zero-order valence-corrected chi connectivity index (χ0v) is 7.77. The minimum Gasteiger partial charge on any atom is -0.294 e. The minimum absolute atomic E-state index is 0.800. The molecule has 0 aromatic carbocycles. The number of aromatic nitrogens is 3. The molecule has 0 saturated carbocycles. The van der Waals surface area contributed by atoms with Crippen molar-refractivity contribution < 1.29 is 0 Å². The molecule has 0 spiro atoms. The van der Waals surface area contributed by atoms with Crippen LogP contribution in [0.25, 0.3) is 5.69 Å². The van der Waals surface area contributed by atoms with Crippen LogP contribution in [-0.4, -0.2) is 14.5 Å². The van der Waals surface area contributed by atoms with Gasteiger partial charge in [0.1, 0.15) is 0 Å². The van der Waals surface area contributed by atoms with Crippen LogP contribution in [0.1, 0.15) is 0 Å². The Morgan fingerprint density at radius 3 is 2.50 bits per heavy atom.